The van der Waals surface area contributed by atoms with Crippen molar-refractivity contribution in [3.8, 4) is 11.5 Å². The molecule has 4 nitrogen and oxygen atoms in total. The molecular formula is C17H20N2O2. The molecular weight excluding hydrogens is 264 g/mol. The number of aryl methyl sites for hydroxylation is 2. The first-order chi connectivity index (χ1) is 10.1. The number of pyridine rings is 1. The highest BCUT2D eigenvalue weighted by Crippen LogP contribution is 2.26. The molecule has 0 aliphatic carbocycles. The second-order valence-corrected chi connectivity index (χ2v) is 5.43. The lowest BCUT2D eigenvalue weighted by Gasteiger charge is -2.40. The number of rotatable bonds is 4. The van der Waals surface area contributed by atoms with Crippen molar-refractivity contribution in [3.05, 3.63) is 47.8 Å². The summed E-state index contributed by atoms with van der Waals surface area (Å²) in [7, 11) is 1.66. The average molecular weight is 284 g/mol. The minimum absolute atomic E-state index is 0.228. The van der Waals surface area contributed by atoms with Crippen molar-refractivity contribution in [1.82, 2.24) is 4.98 Å². The Balaban J connectivity index is 1.60. The van der Waals surface area contributed by atoms with E-state index >= 15 is 0 Å². The van der Waals surface area contributed by atoms with Gasteiger partial charge in [-0.1, -0.05) is 6.07 Å². The van der Waals surface area contributed by atoms with Gasteiger partial charge in [-0.25, -0.2) is 0 Å². The first-order valence-corrected chi connectivity index (χ1v) is 7.15. The molecule has 0 radical (unpaired) electrons. The van der Waals surface area contributed by atoms with Gasteiger partial charge in [0.1, 0.15) is 17.6 Å². The van der Waals surface area contributed by atoms with Crippen molar-refractivity contribution in [2.24, 2.45) is 0 Å². The Morgan fingerprint density at radius 3 is 2.38 bits per heavy atom. The molecule has 3 rings (SSSR count). The fourth-order valence-corrected chi connectivity index (χ4v) is 2.59. The highest BCUT2D eigenvalue weighted by atomic mass is 16.5. The van der Waals surface area contributed by atoms with Crippen molar-refractivity contribution in [1.29, 1.82) is 0 Å². The number of nitrogens with zero attached hydrogens (tertiary/aromatic N) is 2. The van der Waals surface area contributed by atoms with E-state index in [4.69, 9.17) is 9.47 Å². The van der Waals surface area contributed by atoms with Gasteiger partial charge in [0.05, 0.1) is 20.2 Å². The zero-order valence-corrected chi connectivity index (χ0v) is 12.7. The van der Waals surface area contributed by atoms with Gasteiger partial charge in [-0.15, -0.1) is 0 Å². The molecule has 0 amide bonds. The van der Waals surface area contributed by atoms with E-state index in [9.17, 15) is 0 Å². The van der Waals surface area contributed by atoms with E-state index in [1.54, 1.807) is 7.11 Å². The first-order valence-electron chi connectivity index (χ1n) is 7.15. The Morgan fingerprint density at radius 2 is 1.71 bits per heavy atom. The molecule has 0 atom stereocenters. The van der Waals surface area contributed by atoms with Crippen molar-refractivity contribution in [2.45, 2.75) is 20.0 Å². The third-order valence-corrected chi connectivity index (χ3v) is 3.62. The van der Waals surface area contributed by atoms with Crippen LogP contribution in [0, 0.1) is 13.8 Å². The molecule has 1 aliphatic heterocycles. The van der Waals surface area contributed by atoms with E-state index in [1.165, 1.54) is 5.69 Å². The summed E-state index contributed by atoms with van der Waals surface area (Å²) in [4.78, 5) is 6.72. The topological polar surface area (TPSA) is 34.6 Å². The van der Waals surface area contributed by atoms with Gasteiger partial charge in [-0.3, -0.25) is 4.98 Å². The lowest BCUT2D eigenvalue weighted by atomic mass is 10.1. The van der Waals surface area contributed by atoms with Crippen LogP contribution in [0.3, 0.4) is 0 Å². The van der Waals surface area contributed by atoms with Crippen LogP contribution in [0.5, 0.6) is 11.5 Å². The number of anilines is 1. The zero-order chi connectivity index (χ0) is 14.8. The average Bonchev–Trinajstić information content (AvgIpc) is 2.41. The monoisotopic (exact) mass is 284 g/mol. The Labute approximate surface area is 125 Å². The van der Waals surface area contributed by atoms with Gasteiger partial charge in [0.25, 0.3) is 0 Å². The van der Waals surface area contributed by atoms with Crippen molar-refractivity contribution in [2.75, 3.05) is 25.1 Å². The molecule has 1 aliphatic rings. The summed E-state index contributed by atoms with van der Waals surface area (Å²) in [6.45, 7) is 5.86. The minimum Gasteiger partial charge on any atom is -0.497 e. The molecule has 4 heteroatoms. The Kier molecular flexibility index (Phi) is 3.69. The molecule has 1 saturated heterocycles. The summed E-state index contributed by atoms with van der Waals surface area (Å²) < 4.78 is 11.2. The van der Waals surface area contributed by atoms with Gasteiger partial charge in [0.2, 0.25) is 0 Å². The molecule has 2 heterocycles. The molecule has 1 fully saturated rings. The second-order valence-electron chi connectivity index (χ2n) is 5.43. The Hall–Kier alpha value is -2.23. The predicted octanol–water partition coefficient (Wildman–Crippen LogP) is 2.97. The van der Waals surface area contributed by atoms with E-state index in [0.29, 0.717) is 0 Å². The van der Waals surface area contributed by atoms with Gasteiger partial charge in [-0.2, -0.15) is 0 Å². The number of ether oxygens (including phenoxy) is 2. The zero-order valence-electron chi connectivity index (χ0n) is 12.7. The maximum absolute atomic E-state index is 5.97. The number of methoxy groups -OCH3 is 1. The fraction of sp³-hybridized carbons (Fsp3) is 0.353. The van der Waals surface area contributed by atoms with Crippen LogP contribution in [-0.2, 0) is 0 Å². The van der Waals surface area contributed by atoms with Crippen molar-refractivity contribution >= 4 is 5.69 Å². The van der Waals surface area contributed by atoms with Crippen LogP contribution in [0.2, 0.25) is 0 Å². The summed E-state index contributed by atoms with van der Waals surface area (Å²) >= 11 is 0. The molecule has 0 unspecified atom stereocenters. The van der Waals surface area contributed by atoms with Gasteiger partial charge >= 0.3 is 0 Å². The lowest BCUT2D eigenvalue weighted by Crippen LogP contribution is -2.54. The molecule has 2 aromatic rings. The van der Waals surface area contributed by atoms with E-state index in [1.807, 2.05) is 38.1 Å². The normalized spacial score (nSPS) is 14.7. The number of aromatic nitrogens is 1. The van der Waals surface area contributed by atoms with E-state index in [2.05, 4.69) is 22.0 Å². The quantitative estimate of drug-likeness (QED) is 0.864. The largest absolute Gasteiger partial charge is 0.497 e. The summed E-state index contributed by atoms with van der Waals surface area (Å²) in [6, 6.07) is 12.0. The molecule has 0 N–H and O–H groups in total. The van der Waals surface area contributed by atoms with E-state index in [0.717, 1.165) is 36.0 Å². The molecule has 1 aromatic carbocycles. The third-order valence-electron chi connectivity index (χ3n) is 3.62. The van der Waals surface area contributed by atoms with Crippen LogP contribution in [0.1, 0.15) is 11.4 Å². The summed E-state index contributed by atoms with van der Waals surface area (Å²) in [5.74, 6) is 1.69. The predicted molar refractivity (Wildman–Crippen MR) is 83.3 cm³/mol. The maximum Gasteiger partial charge on any atom is 0.133 e. The Bertz CT molecular complexity index is 616. The van der Waals surface area contributed by atoms with Crippen LogP contribution in [-0.4, -0.2) is 31.3 Å². The maximum atomic E-state index is 5.97. The molecule has 110 valence electrons. The van der Waals surface area contributed by atoms with Crippen LogP contribution >= 0.6 is 0 Å². The Morgan fingerprint density at radius 1 is 1.05 bits per heavy atom. The van der Waals surface area contributed by atoms with E-state index in [-0.39, 0.29) is 6.10 Å². The van der Waals surface area contributed by atoms with Gasteiger partial charge < -0.3 is 14.4 Å². The minimum atomic E-state index is 0.228. The third kappa shape index (κ3) is 3.10. The number of hydrogen-bond acceptors (Lipinski definition) is 4. The molecule has 0 saturated carbocycles. The van der Waals surface area contributed by atoms with Crippen molar-refractivity contribution < 1.29 is 9.47 Å². The second kappa shape index (κ2) is 5.64. The van der Waals surface area contributed by atoms with E-state index < -0.39 is 0 Å². The van der Waals surface area contributed by atoms with Crippen LogP contribution in [0.25, 0.3) is 0 Å². The van der Waals surface area contributed by atoms with Crippen LogP contribution < -0.4 is 14.4 Å². The highest BCUT2D eigenvalue weighted by Gasteiger charge is 2.29. The number of hydrogen-bond donors (Lipinski definition) is 0. The number of benzene rings is 1. The first kappa shape index (κ1) is 13.7. The molecule has 0 bridgehead atoms. The van der Waals surface area contributed by atoms with Crippen LogP contribution in [0.15, 0.2) is 36.4 Å². The van der Waals surface area contributed by atoms with Crippen molar-refractivity contribution in [3.63, 3.8) is 0 Å². The SMILES string of the molecule is COc1cccc(OC2CN(c3cc(C)nc(C)c3)C2)c1. The molecule has 21 heavy (non-hydrogen) atoms. The smallest absolute Gasteiger partial charge is 0.133 e. The van der Waals surface area contributed by atoms with Gasteiger partial charge in [0, 0.05) is 23.1 Å². The van der Waals surface area contributed by atoms with Gasteiger partial charge in [-0.05, 0) is 38.1 Å². The molecule has 0 spiro atoms. The molecule has 1 aromatic heterocycles. The fourth-order valence-electron chi connectivity index (χ4n) is 2.59. The van der Waals surface area contributed by atoms with Crippen LogP contribution in [0.4, 0.5) is 5.69 Å². The van der Waals surface area contributed by atoms with Gasteiger partial charge in [0.15, 0.2) is 0 Å². The highest BCUT2D eigenvalue weighted by molar-refractivity contribution is 5.51. The summed E-state index contributed by atoms with van der Waals surface area (Å²) in [5.41, 5.74) is 3.34. The summed E-state index contributed by atoms with van der Waals surface area (Å²) in [5, 5.41) is 0. The lowest BCUT2D eigenvalue weighted by molar-refractivity contribution is 0.167. The summed E-state index contributed by atoms with van der Waals surface area (Å²) in [6.07, 6.45) is 0.228. The standard InChI is InChI=1S/C17H20N2O2/c1-12-7-14(8-13(2)18-12)19-10-17(11-19)21-16-6-4-5-15(9-16)20-3/h4-9,17H,10-11H2,1-3H3.